The van der Waals surface area contributed by atoms with Crippen molar-refractivity contribution in [2.75, 3.05) is 12.8 Å². The predicted octanol–water partition coefficient (Wildman–Crippen LogP) is 3.64. The van der Waals surface area contributed by atoms with E-state index in [4.69, 9.17) is 10.5 Å². The van der Waals surface area contributed by atoms with Gasteiger partial charge in [-0.1, -0.05) is 15.9 Å². The van der Waals surface area contributed by atoms with Crippen LogP contribution in [0.5, 0.6) is 11.5 Å². The minimum absolute atomic E-state index is 0.0755. The van der Waals surface area contributed by atoms with Gasteiger partial charge >= 0.3 is 0 Å². The quantitative estimate of drug-likeness (QED) is 0.657. The smallest absolute Gasteiger partial charge is 0.293 e. The number of amides is 2. The Morgan fingerprint density at radius 3 is 2.71 bits per heavy atom. The first-order chi connectivity index (χ1) is 13.2. The summed E-state index contributed by atoms with van der Waals surface area (Å²) in [6, 6.07) is 3.06. The number of imide groups is 1. The van der Waals surface area contributed by atoms with Gasteiger partial charge in [-0.3, -0.25) is 14.5 Å². The van der Waals surface area contributed by atoms with Crippen LogP contribution in [0.4, 0.5) is 10.7 Å². The van der Waals surface area contributed by atoms with Crippen molar-refractivity contribution in [2.45, 2.75) is 20.0 Å². The SMILES string of the molecule is Cc1nc(N)ncc1C(C)Oc1cc(/C=C2\SC(=O)N(C)C2=O)c(Br)cc1O. The molecule has 0 aliphatic carbocycles. The molecule has 1 aliphatic heterocycles. The summed E-state index contributed by atoms with van der Waals surface area (Å²) in [5, 5.41) is 9.92. The molecular formula is C18H17BrN4O4S. The Morgan fingerprint density at radius 2 is 2.11 bits per heavy atom. The number of thioether (sulfide) groups is 1. The molecule has 1 aliphatic rings. The van der Waals surface area contributed by atoms with Crippen LogP contribution in [0.1, 0.15) is 29.8 Å². The Morgan fingerprint density at radius 1 is 1.39 bits per heavy atom. The molecule has 1 fully saturated rings. The van der Waals surface area contributed by atoms with Crippen molar-refractivity contribution in [3.05, 3.63) is 44.5 Å². The molecular weight excluding hydrogens is 448 g/mol. The molecule has 0 radical (unpaired) electrons. The lowest BCUT2D eigenvalue weighted by Gasteiger charge is -2.18. The maximum atomic E-state index is 12.1. The molecule has 8 nitrogen and oxygen atoms in total. The van der Waals surface area contributed by atoms with Crippen molar-refractivity contribution in [2.24, 2.45) is 0 Å². The van der Waals surface area contributed by atoms with Crippen LogP contribution in [0.3, 0.4) is 0 Å². The third-order valence-electron chi connectivity index (χ3n) is 4.13. The number of aromatic nitrogens is 2. The van der Waals surface area contributed by atoms with E-state index in [2.05, 4.69) is 25.9 Å². The Bertz CT molecular complexity index is 1010. The van der Waals surface area contributed by atoms with Crippen LogP contribution < -0.4 is 10.5 Å². The van der Waals surface area contributed by atoms with Gasteiger partial charge in [0.15, 0.2) is 11.5 Å². The highest BCUT2D eigenvalue weighted by atomic mass is 79.9. The number of aromatic hydroxyl groups is 1. The van der Waals surface area contributed by atoms with Gasteiger partial charge in [0.1, 0.15) is 6.10 Å². The summed E-state index contributed by atoms with van der Waals surface area (Å²) >= 11 is 4.21. The van der Waals surface area contributed by atoms with Crippen molar-refractivity contribution in [3.8, 4) is 11.5 Å². The topological polar surface area (TPSA) is 119 Å². The van der Waals surface area contributed by atoms with Crippen LogP contribution in [-0.4, -0.2) is 38.2 Å². The minimum atomic E-state index is -0.455. The molecule has 1 saturated heterocycles. The van der Waals surface area contributed by atoms with Gasteiger partial charge in [-0.15, -0.1) is 0 Å². The minimum Gasteiger partial charge on any atom is -0.504 e. The number of aryl methyl sites for hydroxylation is 1. The molecule has 0 bridgehead atoms. The number of hydrogen-bond donors (Lipinski definition) is 2. The Labute approximate surface area is 173 Å². The number of benzene rings is 1. The number of phenols is 1. The van der Waals surface area contributed by atoms with Gasteiger partial charge in [-0.05, 0) is 49.4 Å². The molecule has 1 atom stereocenters. The number of nitrogen functional groups attached to an aromatic ring is 1. The summed E-state index contributed by atoms with van der Waals surface area (Å²) < 4.78 is 6.45. The molecule has 3 rings (SSSR count). The molecule has 28 heavy (non-hydrogen) atoms. The number of nitrogens with two attached hydrogens (primary N) is 1. The van der Waals surface area contributed by atoms with Crippen molar-refractivity contribution < 1.29 is 19.4 Å². The zero-order valence-corrected chi connectivity index (χ0v) is 17.7. The maximum absolute atomic E-state index is 12.1. The fraction of sp³-hybridized carbons (Fsp3) is 0.222. The van der Waals surface area contributed by atoms with E-state index in [9.17, 15) is 14.7 Å². The fourth-order valence-corrected chi connectivity index (χ4v) is 3.86. The van der Waals surface area contributed by atoms with Crippen molar-refractivity contribution in [1.82, 2.24) is 14.9 Å². The lowest BCUT2D eigenvalue weighted by Crippen LogP contribution is -2.22. The van der Waals surface area contributed by atoms with Gasteiger partial charge < -0.3 is 15.6 Å². The summed E-state index contributed by atoms with van der Waals surface area (Å²) in [6.07, 6.45) is 2.70. The van der Waals surface area contributed by atoms with Gasteiger partial charge in [0.25, 0.3) is 11.1 Å². The van der Waals surface area contributed by atoms with Crippen LogP contribution in [0.2, 0.25) is 0 Å². The number of hydrogen-bond acceptors (Lipinski definition) is 8. The number of ether oxygens (including phenoxy) is 1. The van der Waals surface area contributed by atoms with E-state index in [1.54, 1.807) is 32.2 Å². The van der Waals surface area contributed by atoms with E-state index in [-0.39, 0.29) is 28.6 Å². The van der Waals surface area contributed by atoms with Gasteiger partial charge in [0.2, 0.25) is 5.95 Å². The highest BCUT2D eigenvalue weighted by Crippen LogP contribution is 2.38. The summed E-state index contributed by atoms with van der Waals surface area (Å²) in [7, 11) is 1.43. The molecule has 3 N–H and O–H groups in total. The summed E-state index contributed by atoms with van der Waals surface area (Å²) in [6.45, 7) is 3.59. The standard InChI is InChI=1S/C18H17BrN4O4S/c1-8-11(7-21-17(20)22-8)9(2)27-14-4-10(12(19)6-13(14)24)5-15-16(25)23(3)18(26)28-15/h4-7,9,24H,1-3H3,(H2,20,21,22)/b15-5-. The number of anilines is 1. The molecule has 2 heterocycles. The molecule has 0 saturated carbocycles. The Balaban J connectivity index is 1.92. The molecule has 146 valence electrons. The first kappa shape index (κ1) is 20.2. The van der Waals surface area contributed by atoms with Crippen molar-refractivity contribution >= 4 is 50.9 Å². The van der Waals surface area contributed by atoms with Gasteiger partial charge in [-0.25, -0.2) is 9.97 Å². The van der Waals surface area contributed by atoms with Gasteiger partial charge in [0.05, 0.1) is 4.91 Å². The van der Waals surface area contributed by atoms with E-state index in [1.807, 2.05) is 0 Å². The lowest BCUT2D eigenvalue weighted by molar-refractivity contribution is -0.121. The molecule has 2 aromatic rings. The zero-order chi connectivity index (χ0) is 20.6. The number of likely N-dealkylation sites (N-methyl/N-ethyl adjacent to an activating group) is 1. The largest absolute Gasteiger partial charge is 0.504 e. The Hall–Kier alpha value is -2.59. The molecule has 0 spiro atoms. The third kappa shape index (κ3) is 3.97. The van der Waals surface area contributed by atoms with Crippen LogP contribution in [0.25, 0.3) is 6.08 Å². The van der Waals surface area contributed by atoms with Crippen LogP contribution in [0, 0.1) is 6.92 Å². The second kappa shape index (κ2) is 7.80. The van der Waals surface area contributed by atoms with E-state index in [0.717, 1.165) is 22.2 Å². The Kier molecular flexibility index (Phi) is 5.61. The third-order valence-corrected chi connectivity index (χ3v) is 5.78. The highest BCUT2D eigenvalue weighted by molar-refractivity contribution is 9.10. The number of carbonyl (C=O) groups excluding carboxylic acids is 2. The number of carbonyl (C=O) groups is 2. The number of phenolic OH excluding ortho intramolecular Hbond substituents is 1. The van der Waals surface area contributed by atoms with E-state index >= 15 is 0 Å². The highest BCUT2D eigenvalue weighted by Gasteiger charge is 2.32. The van der Waals surface area contributed by atoms with E-state index < -0.39 is 6.10 Å². The first-order valence-electron chi connectivity index (χ1n) is 8.17. The normalized spacial score (nSPS) is 16.7. The second-order valence-corrected chi connectivity index (χ2v) is 7.96. The van der Waals surface area contributed by atoms with Crippen LogP contribution in [0.15, 0.2) is 27.7 Å². The monoisotopic (exact) mass is 464 g/mol. The lowest BCUT2D eigenvalue weighted by atomic mass is 10.1. The van der Waals surface area contributed by atoms with E-state index in [1.165, 1.54) is 13.1 Å². The maximum Gasteiger partial charge on any atom is 0.293 e. The molecule has 10 heteroatoms. The van der Waals surface area contributed by atoms with E-state index in [0.29, 0.717) is 20.6 Å². The number of nitrogens with zero attached hydrogens (tertiary/aromatic N) is 3. The summed E-state index contributed by atoms with van der Waals surface area (Å²) in [5.74, 6) is -0.0602. The predicted molar refractivity (Wildman–Crippen MR) is 110 cm³/mol. The number of halogens is 1. The van der Waals surface area contributed by atoms with Crippen LogP contribution in [-0.2, 0) is 4.79 Å². The fourth-order valence-electron chi connectivity index (χ4n) is 2.60. The van der Waals surface area contributed by atoms with Crippen molar-refractivity contribution in [1.29, 1.82) is 0 Å². The zero-order valence-electron chi connectivity index (χ0n) is 15.3. The number of rotatable bonds is 4. The van der Waals surface area contributed by atoms with Crippen LogP contribution >= 0.6 is 27.7 Å². The van der Waals surface area contributed by atoms with Gasteiger partial charge in [-0.2, -0.15) is 0 Å². The average molecular weight is 465 g/mol. The van der Waals surface area contributed by atoms with Gasteiger partial charge in [0, 0.05) is 29.0 Å². The first-order valence-corrected chi connectivity index (χ1v) is 9.78. The second-order valence-electron chi connectivity index (χ2n) is 6.11. The van der Waals surface area contributed by atoms with Crippen molar-refractivity contribution in [3.63, 3.8) is 0 Å². The summed E-state index contributed by atoms with van der Waals surface area (Å²) in [5.41, 5.74) is 7.57. The molecule has 1 unspecified atom stereocenters. The molecule has 1 aromatic heterocycles. The average Bonchev–Trinajstić information content (AvgIpc) is 2.85. The molecule has 1 aromatic carbocycles. The molecule has 2 amide bonds. The summed E-state index contributed by atoms with van der Waals surface area (Å²) in [4.78, 5) is 33.2.